The maximum absolute atomic E-state index is 12.3. The number of methoxy groups -OCH3 is 1. The van der Waals surface area contributed by atoms with Crippen molar-refractivity contribution in [1.82, 2.24) is 4.98 Å². The van der Waals surface area contributed by atoms with E-state index in [-0.39, 0.29) is 16.2 Å². The highest BCUT2D eigenvalue weighted by atomic mass is 32.2. The molecule has 4 aromatic rings. The van der Waals surface area contributed by atoms with Gasteiger partial charge in [0.1, 0.15) is 5.75 Å². The second-order valence-electron chi connectivity index (χ2n) is 10.1. The van der Waals surface area contributed by atoms with E-state index in [1.807, 2.05) is 24.3 Å². The number of hydrogen-bond acceptors (Lipinski definition) is 4. The molecule has 0 spiro atoms. The van der Waals surface area contributed by atoms with E-state index in [4.69, 9.17) is 14.9 Å². The lowest BCUT2D eigenvalue weighted by atomic mass is 9.74. The van der Waals surface area contributed by atoms with E-state index in [9.17, 15) is 8.42 Å². The first-order chi connectivity index (χ1) is 17.1. The number of pyridine rings is 1. The van der Waals surface area contributed by atoms with E-state index in [2.05, 4.69) is 57.2 Å². The van der Waals surface area contributed by atoms with Crippen LogP contribution >= 0.6 is 0 Å². The lowest BCUT2D eigenvalue weighted by Gasteiger charge is -2.31. The number of benzene rings is 3. The number of primary sulfonamides is 1. The number of hydrogen-bond donors (Lipinski definition) is 1. The van der Waals surface area contributed by atoms with Gasteiger partial charge >= 0.3 is 0 Å². The second kappa shape index (κ2) is 10.4. The number of fused-ring (bicyclic) bond motifs is 1. The smallest absolute Gasteiger partial charge is 0.238 e. The molecule has 0 aliphatic heterocycles. The van der Waals surface area contributed by atoms with Crippen molar-refractivity contribution in [2.24, 2.45) is 10.6 Å². The number of nitrogens with zero attached hydrogens (tertiary/aromatic N) is 1. The van der Waals surface area contributed by atoms with Gasteiger partial charge in [0, 0.05) is 10.9 Å². The fourth-order valence-corrected chi connectivity index (χ4v) is 5.88. The van der Waals surface area contributed by atoms with E-state index < -0.39 is 10.0 Å². The Labute approximate surface area is 214 Å². The Morgan fingerprint density at radius 1 is 0.972 bits per heavy atom. The quantitative estimate of drug-likeness (QED) is 0.276. The van der Waals surface area contributed by atoms with Crippen molar-refractivity contribution >= 4 is 20.9 Å². The molecule has 0 aliphatic carbocycles. The van der Waals surface area contributed by atoms with E-state index in [0.717, 1.165) is 35.0 Å². The maximum atomic E-state index is 12.3. The summed E-state index contributed by atoms with van der Waals surface area (Å²) in [6.07, 6.45) is 2.37. The first kappa shape index (κ1) is 25.9. The summed E-state index contributed by atoms with van der Waals surface area (Å²) in [5.74, 6) is 0.881. The molecule has 0 fully saturated rings. The van der Waals surface area contributed by atoms with Crippen molar-refractivity contribution < 1.29 is 13.2 Å². The number of sulfonamides is 1. The molecule has 3 aromatic carbocycles. The van der Waals surface area contributed by atoms with Crippen molar-refractivity contribution in [3.8, 4) is 17.0 Å². The molecule has 4 rings (SSSR count). The lowest BCUT2D eigenvalue weighted by Crippen LogP contribution is -2.22. The molecule has 188 valence electrons. The van der Waals surface area contributed by atoms with Crippen LogP contribution in [0.15, 0.2) is 83.8 Å². The highest BCUT2D eigenvalue weighted by Gasteiger charge is 2.28. The summed E-state index contributed by atoms with van der Waals surface area (Å²) in [4.78, 5) is 5.11. The van der Waals surface area contributed by atoms with Crippen LogP contribution < -0.4 is 9.88 Å². The van der Waals surface area contributed by atoms with E-state index in [1.165, 1.54) is 5.56 Å². The van der Waals surface area contributed by atoms with Crippen molar-refractivity contribution in [2.45, 2.75) is 50.8 Å². The van der Waals surface area contributed by atoms with Gasteiger partial charge in [-0.3, -0.25) is 0 Å². The Balaban J connectivity index is 1.73. The topological polar surface area (TPSA) is 82.3 Å². The summed E-state index contributed by atoms with van der Waals surface area (Å²) < 4.78 is 29.9. The van der Waals surface area contributed by atoms with Gasteiger partial charge in [0.25, 0.3) is 0 Å². The van der Waals surface area contributed by atoms with Crippen LogP contribution in [-0.2, 0) is 16.4 Å². The highest BCUT2D eigenvalue weighted by Crippen LogP contribution is 2.41. The Bertz CT molecular complexity index is 1460. The summed E-state index contributed by atoms with van der Waals surface area (Å²) in [5, 5.41) is 6.70. The van der Waals surface area contributed by atoms with Gasteiger partial charge in [0.05, 0.1) is 23.2 Å². The molecule has 5 nitrogen and oxygen atoms in total. The number of rotatable bonds is 9. The van der Waals surface area contributed by atoms with Crippen LogP contribution in [-0.4, -0.2) is 20.5 Å². The van der Waals surface area contributed by atoms with Gasteiger partial charge in [0.15, 0.2) is 0 Å². The molecule has 1 aromatic heterocycles. The number of aromatic nitrogens is 1. The van der Waals surface area contributed by atoms with Gasteiger partial charge in [-0.25, -0.2) is 18.5 Å². The molecule has 1 unspecified atom stereocenters. The third-order valence-electron chi connectivity index (χ3n) is 6.79. The normalized spacial score (nSPS) is 13.0. The van der Waals surface area contributed by atoms with Gasteiger partial charge in [-0.15, -0.1) is 0 Å². The number of nitrogens with two attached hydrogens (primary N) is 1. The molecule has 1 heterocycles. The summed E-state index contributed by atoms with van der Waals surface area (Å²) in [5.41, 5.74) is 4.78. The zero-order valence-electron chi connectivity index (χ0n) is 21.4. The minimum Gasteiger partial charge on any atom is -0.497 e. The molecule has 6 heteroatoms. The fourth-order valence-electron chi connectivity index (χ4n) is 5.12. The van der Waals surface area contributed by atoms with Crippen molar-refractivity contribution in [3.05, 3.63) is 90.0 Å². The molecule has 1 atom stereocenters. The Morgan fingerprint density at radius 3 is 2.33 bits per heavy atom. The summed E-state index contributed by atoms with van der Waals surface area (Å²) >= 11 is 0. The SMILES string of the molecule is CCC(CC(C)(C)Cc1cc(OC)ccc1S(N)(=O)=O)c1cc(-c2ccccc2)nc2ccccc12. The minimum atomic E-state index is -3.85. The van der Waals surface area contributed by atoms with Gasteiger partial charge in [-0.1, -0.05) is 69.3 Å². The van der Waals surface area contributed by atoms with Crippen LogP contribution in [0, 0.1) is 5.41 Å². The highest BCUT2D eigenvalue weighted by molar-refractivity contribution is 7.89. The molecule has 2 N–H and O–H groups in total. The van der Waals surface area contributed by atoms with Crippen molar-refractivity contribution in [3.63, 3.8) is 0 Å². The number of para-hydroxylation sites is 1. The molecular weight excluding hydrogens is 468 g/mol. The van der Waals surface area contributed by atoms with Crippen LogP contribution in [0.5, 0.6) is 5.75 Å². The van der Waals surface area contributed by atoms with Gasteiger partial charge in [-0.2, -0.15) is 0 Å². The predicted octanol–water partition coefficient (Wildman–Crippen LogP) is 6.71. The second-order valence-corrected chi connectivity index (χ2v) is 11.7. The summed E-state index contributed by atoms with van der Waals surface area (Å²) in [7, 11) is -2.27. The van der Waals surface area contributed by atoms with Gasteiger partial charge in [-0.05, 0) is 72.1 Å². The number of ether oxygens (including phenoxy) is 1. The fraction of sp³-hybridized carbons (Fsp3) is 0.300. The maximum Gasteiger partial charge on any atom is 0.238 e. The molecule has 36 heavy (non-hydrogen) atoms. The van der Waals surface area contributed by atoms with Crippen LogP contribution in [0.3, 0.4) is 0 Å². The van der Waals surface area contributed by atoms with E-state index in [1.54, 1.807) is 25.3 Å². The van der Waals surface area contributed by atoms with E-state index in [0.29, 0.717) is 17.7 Å². The first-order valence-electron chi connectivity index (χ1n) is 12.3. The van der Waals surface area contributed by atoms with Crippen LogP contribution in [0.2, 0.25) is 0 Å². The molecule has 0 saturated carbocycles. The van der Waals surface area contributed by atoms with Gasteiger partial charge in [0.2, 0.25) is 10.0 Å². The largest absolute Gasteiger partial charge is 0.497 e. The third kappa shape index (κ3) is 5.77. The van der Waals surface area contributed by atoms with Crippen LogP contribution in [0.1, 0.15) is 50.7 Å². The standard InChI is InChI=1S/C30H34N2O3S/c1-5-21(19-30(2,3)20-23-17-24(35-4)15-16-29(23)36(31,33)34)26-18-28(22-11-7-6-8-12-22)32-27-14-10-9-13-25(26)27/h6-18,21H,5,19-20H2,1-4H3,(H2,31,33,34). The average Bonchev–Trinajstić information content (AvgIpc) is 2.86. The van der Waals surface area contributed by atoms with Crippen LogP contribution in [0.25, 0.3) is 22.2 Å². The average molecular weight is 503 g/mol. The van der Waals surface area contributed by atoms with E-state index >= 15 is 0 Å². The summed E-state index contributed by atoms with van der Waals surface area (Å²) in [6.45, 7) is 6.58. The Morgan fingerprint density at radius 2 is 1.67 bits per heavy atom. The van der Waals surface area contributed by atoms with Crippen molar-refractivity contribution in [1.29, 1.82) is 0 Å². The molecule has 0 bridgehead atoms. The van der Waals surface area contributed by atoms with Gasteiger partial charge < -0.3 is 4.74 Å². The third-order valence-corrected chi connectivity index (χ3v) is 7.80. The minimum absolute atomic E-state index is 0.158. The Kier molecular flexibility index (Phi) is 7.48. The molecule has 0 radical (unpaired) electrons. The molecule has 0 aliphatic rings. The molecule has 0 amide bonds. The molecule has 0 saturated heterocycles. The first-order valence-corrected chi connectivity index (χ1v) is 13.8. The van der Waals surface area contributed by atoms with Crippen molar-refractivity contribution in [2.75, 3.05) is 7.11 Å². The monoisotopic (exact) mass is 502 g/mol. The Hall–Kier alpha value is -3.22. The zero-order chi connectivity index (χ0) is 25.9. The zero-order valence-corrected chi connectivity index (χ0v) is 22.2. The summed E-state index contributed by atoms with van der Waals surface area (Å²) in [6, 6.07) is 25.7. The molecular formula is C30H34N2O3S. The van der Waals surface area contributed by atoms with Crippen LogP contribution in [0.4, 0.5) is 0 Å². The predicted molar refractivity (Wildman–Crippen MR) is 147 cm³/mol. The lowest BCUT2D eigenvalue weighted by molar-refractivity contribution is 0.296.